The van der Waals surface area contributed by atoms with E-state index < -0.39 is 0 Å². The number of halogens is 1. The van der Waals surface area contributed by atoms with Gasteiger partial charge in [-0.2, -0.15) is 0 Å². The Morgan fingerprint density at radius 2 is 1.77 bits per heavy atom. The third kappa shape index (κ3) is 4.29. The monoisotopic (exact) mass is 305 g/mol. The molecule has 1 aromatic rings. The van der Waals surface area contributed by atoms with Gasteiger partial charge in [-0.15, -0.1) is 0 Å². The van der Waals surface area contributed by atoms with Crippen LogP contribution in [0.25, 0.3) is 0 Å². The van der Waals surface area contributed by atoms with Crippen LogP contribution in [0.4, 0.5) is 4.39 Å². The van der Waals surface area contributed by atoms with E-state index in [2.05, 4.69) is 11.0 Å². The molecule has 0 aromatic heterocycles. The van der Waals surface area contributed by atoms with Crippen molar-refractivity contribution in [2.24, 2.45) is 5.92 Å². The first-order valence-electron chi connectivity index (χ1n) is 7.98. The van der Waals surface area contributed by atoms with E-state index >= 15 is 0 Å². The zero-order valence-corrected chi connectivity index (χ0v) is 14.0. The summed E-state index contributed by atoms with van der Waals surface area (Å²) in [7, 11) is 0. The Hall–Kier alpha value is -1.42. The number of nitrogens with zero attached hydrogens (tertiary/aromatic N) is 2. The number of hydrogen-bond acceptors (Lipinski definition) is 2. The molecule has 3 nitrogen and oxygen atoms in total. The minimum absolute atomic E-state index is 0.0559. The molecule has 22 heavy (non-hydrogen) atoms. The van der Waals surface area contributed by atoms with Gasteiger partial charge in [-0.1, -0.05) is 33.8 Å². The molecule has 1 heterocycles. The Kier molecular flexibility index (Phi) is 5.57. The average Bonchev–Trinajstić information content (AvgIpc) is 2.46. The van der Waals surface area contributed by atoms with Crippen LogP contribution < -0.4 is 0 Å². The highest BCUT2D eigenvalue weighted by atomic mass is 19.1. The molecule has 0 bridgehead atoms. The van der Waals surface area contributed by atoms with Crippen molar-refractivity contribution in [3.8, 4) is 0 Å². The van der Waals surface area contributed by atoms with E-state index in [0.29, 0.717) is 0 Å². The van der Waals surface area contributed by atoms with Crippen molar-refractivity contribution in [3.05, 3.63) is 41.1 Å². The van der Waals surface area contributed by atoms with E-state index in [4.69, 9.17) is 0 Å². The number of benzene rings is 1. The SMILES string of the molecule is C[C](C)c1cc(F)cc(CN2CCN(C(=O)C(C)C)CC2)c1. The van der Waals surface area contributed by atoms with Gasteiger partial charge >= 0.3 is 0 Å². The fourth-order valence-electron chi connectivity index (χ4n) is 2.78. The maximum atomic E-state index is 13.7. The second-order valence-corrected chi connectivity index (χ2v) is 6.60. The Morgan fingerprint density at radius 1 is 1.14 bits per heavy atom. The molecule has 1 aliphatic rings. The Morgan fingerprint density at radius 3 is 2.32 bits per heavy atom. The van der Waals surface area contributed by atoms with Gasteiger partial charge in [-0.05, 0) is 29.2 Å². The Balaban J connectivity index is 1.95. The summed E-state index contributed by atoms with van der Waals surface area (Å²) in [5, 5.41) is 0. The van der Waals surface area contributed by atoms with Crippen LogP contribution in [0.5, 0.6) is 0 Å². The second-order valence-electron chi connectivity index (χ2n) is 6.60. The summed E-state index contributed by atoms with van der Waals surface area (Å²) in [6.45, 7) is 11.8. The molecule has 121 valence electrons. The molecule has 1 radical (unpaired) electrons. The van der Waals surface area contributed by atoms with E-state index in [9.17, 15) is 9.18 Å². The maximum absolute atomic E-state index is 13.7. The standard InChI is InChI=1S/C18H26FN2O/c1-13(2)16-9-15(10-17(19)11-16)12-20-5-7-21(8-6-20)18(22)14(3)4/h9-11,14H,5-8,12H2,1-4H3. The maximum Gasteiger partial charge on any atom is 0.225 e. The van der Waals surface area contributed by atoms with E-state index in [-0.39, 0.29) is 17.6 Å². The molecule has 0 spiro atoms. The largest absolute Gasteiger partial charge is 0.340 e. The summed E-state index contributed by atoms with van der Waals surface area (Å²) in [5.74, 6) is 1.22. The molecule has 2 rings (SSSR count). The Bertz CT molecular complexity index is 520. The summed E-state index contributed by atoms with van der Waals surface area (Å²) < 4.78 is 13.7. The number of rotatable bonds is 4. The molecule has 0 unspecified atom stereocenters. The van der Waals surface area contributed by atoms with Gasteiger partial charge < -0.3 is 4.90 Å². The molecule has 1 aromatic carbocycles. The molecule has 1 amide bonds. The average molecular weight is 305 g/mol. The molecule has 1 aliphatic heterocycles. The van der Waals surface area contributed by atoms with Crippen LogP contribution in [0.15, 0.2) is 18.2 Å². The lowest BCUT2D eigenvalue weighted by Crippen LogP contribution is -2.49. The highest BCUT2D eigenvalue weighted by Crippen LogP contribution is 2.19. The van der Waals surface area contributed by atoms with Crippen LogP contribution >= 0.6 is 0 Å². The first kappa shape index (κ1) is 16.9. The van der Waals surface area contributed by atoms with Crippen molar-refractivity contribution in [1.29, 1.82) is 0 Å². The molecule has 1 saturated heterocycles. The van der Waals surface area contributed by atoms with Crippen LogP contribution in [0.2, 0.25) is 0 Å². The molecular formula is C18H26FN2O. The number of carbonyl (C=O) groups excluding carboxylic acids is 1. The normalized spacial score (nSPS) is 16.6. The fraction of sp³-hybridized carbons (Fsp3) is 0.556. The number of amides is 1. The summed E-state index contributed by atoms with van der Waals surface area (Å²) >= 11 is 0. The van der Waals surface area contributed by atoms with E-state index in [0.717, 1.165) is 49.8 Å². The van der Waals surface area contributed by atoms with Crippen LogP contribution in [0.3, 0.4) is 0 Å². The van der Waals surface area contributed by atoms with Crippen LogP contribution in [-0.2, 0) is 11.3 Å². The lowest BCUT2D eigenvalue weighted by Gasteiger charge is -2.35. The van der Waals surface area contributed by atoms with Crippen molar-refractivity contribution in [2.45, 2.75) is 34.2 Å². The minimum Gasteiger partial charge on any atom is -0.340 e. The van der Waals surface area contributed by atoms with Gasteiger partial charge in [0.05, 0.1) is 0 Å². The Labute approximate surface area is 133 Å². The lowest BCUT2D eigenvalue weighted by atomic mass is 10.0. The molecular weight excluding hydrogens is 279 g/mol. The predicted octanol–water partition coefficient (Wildman–Crippen LogP) is 3.09. The van der Waals surface area contributed by atoms with Crippen molar-refractivity contribution >= 4 is 5.91 Å². The smallest absolute Gasteiger partial charge is 0.225 e. The summed E-state index contributed by atoms with van der Waals surface area (Å²) in [4.78, 5) is 16.2. The zero-order chi connectivity index (χ0) is 16.3. The van der Waals surface area contributed by atoms with Crippen molar-refractivity contribution < 1.29 is 9.18 Å². The van der Waals surface area contributed by atoms with Gasteiger partial charge in [0.1, 0.15) is 5.82 Å². The third-order valence-corrected chi connectivity index (χ3v) is 4.12. The third-order valence-electron chi connectivity index (χ3n) is 4.12. The van der Waals surface area contributed by atoms with E-state index in [1.54, 1.807) is 12.1 Å². The zero-order valence-electron chi connectivity index (χ0n) is 14.0. The fourth-order valence-corrected chi connectivity index (χ4v) is 2.78. The van der Waals surface area contributed by atoms with Gasteiger partial charge in [0.25, 0.3) is 0 Å². The van der Waals surface area contributed by atoms with Crippen molar-refractivity contribution in [1.82, 2.24) is 9.80 Å². The topological polar surface area (TPSA) is 23.6 Å². The van der Waals surface area contributed by atoms with Gasteiger partial charge in [0.2, 0.25) is 5.91 Å². The van der Waals surface area contributed by atoms with Gasteiger partial charge in [-0.3, -0.25) is 9.69 Å². The quantitative estimate of drug-likeness (QED) is 0.853. The minimum atomic E-state index is -0.178. The predicted molar refractivity (Wildman–Crippen MR) is 86.8 cm³/mol. The van der Waals surface area contributed by atoms with Crippen LogP contribution in [-0.4, -0.2) is 41.9 Å². The number of piperazine rings is 1. The molecule has 1 fully saturated rings. The second kappa shape index (κ2) is 7.23. The summed E-state index contributed by atoms with van der Waals surface area (Å²) in [6, 6.07) is 5.25. The van der Waals surface area contributed by atoms with Crippen LogP contribution in [0.1, 0.15) is 38.8 Å². The van der Waals surface area contributed by atoms with Gasteiger partial charge in [0, 0.05) is 38.6 Å². The van der Waals surface area contributed by atoms with Gasteiger partial charge in [0.15, 0.2) is 0 Å². The first-order valence-corrected chi connectivity index (χ1v) is 7.98. The van der Waals surface area contributed by atoms with Gasteiger partial charge in [-0.25, -0.2) is 4.39 Å². The first-order chi connectivity index (χ1) is 10.4. The van der Waals surface area contributed by atoms with Crippen molar-refractivity contribution in [2.75, 3.05) is 26.2 Å². The summed E-state index contributed by atoms with van der Waals surface area (Å²) in [5.41, 5.74) is 1.96. The molecule has 4 heteroatoms. The lowest BCUT2D eigenvalue weighted by molar-refractivity contribution is -0.136. The number of hydrogen-bond donors (Lipinski definition) is 0. The van der Waals surface area contributed by atoms with Crippen molar-refractivity contribution in [3.63, 3.8) is 0 Å². The van der Waals surface area contributed by atoms with Crippen LogP contribution in [0, 0.1) is 17.7 Å². The highest BCUT2D eigenvalue weighted by molar-refractivity contribution is 5.78. The van der Waals surface area contributed by atoms with E-state index in [1.165, 1.54) is 0 Å². The number of carbonyl (C=O) groups is 1. The summed E-state index contributed by atoms with van der Waals surface area (Å²) in [6.07, 6.45) is 0. The molecule has 0 aliphatic carbocycles. The molecule has 0 N–H and O–H groups in total. The molecule has 0 saturated carbocycles. The highest BCUT2D eigenvalue weighted by Gasteiger charge is 2.22. The van der Waals surface area contributed by atoms with E-state index in [1.807, 2.05) is 32.6 Å². The molecule has 0 atom stereocenters.